The Hall–Kier alpha value is -0.930. The summed E-state index contributed by atoms with van der Waals surface area (Å²) in [6, 6.07) is 3.89. The Bertz CT molecular complexity index is 454. The molecule has 0 radical (unpaired) electrons. The lowest BCUT2D eigenvalue weighted by atomic mass is 9.90. The first-order chi connectivity index (χ1) is 9.28. The van der Waals surface area contributed by atoms with E-state index in [9.17, 15) is 0 Å². The van der Waals surface area contributed by atoms with E-state index in [1.807, 2.05) is 12.1 Å². The third-order valence-electron chi connectivity index (χ3n) is 3.81. The van der Waals surface area contributed by atoms with Crippen LogP contribution in [0.2, 0.25) is 5.02 Å². The van der Waals surface area contributed by atoms with E-state index in [0.29, 0.717) is 12.0 Å². The Morgan fingerprint density at radius 2 is 2.11 bits per heavy atom. The number of ether oxygens (including phenoxy) is 2. The zero-order valence-corrected chi connectivity index (χ0v) is 12.0. The molecule has 1 saturated carbocycles. The van der Waals surface area contributed by atoms with Crippen LogP contribution in [0.25, 0.3) is 0 Å². The smallest absolute Gasteiger partial charge is 0.165 e. The van der Waals surface area contributed by atoms with Gasteiger partial charge in [-0.3, -0.25) is 0 Å². The first kappa shape index (κ1) is 13.1. The molecule has 2 fully saturated rings. The molecule has 1 saturated heterocycles. The molecule has 0 spiro atoms. The zero-order chi connectivity index (χ0) is 13.2. The summed E-state index contributed by atoms with van der Waals surface area (Å²) in [7, 11) is 1.67. The maximum absolute atomic E-state index is 6.22. The van der Waals surface area contributed by atoms with Crippen LogP contribution in [0.3, 0.4) is 0 Å². The van der Waals surface area contributed by atoms with Crippen LogP contribution in [0.4, 0.5) is 0 Å². The lowest BCUT2D eigenvalue weighted by molar-refractivity contribution is 0.275. The van der Waals surface area contributed by atoms with Crippen molar-refractivity contribution in [2.75, 3.05) is 20.2 Å². The Labute approximate surface area is 119 Å². The van der Waals surface area contributed by atoms with Gasteiger partial charge in [-0.15, -0.1) is 0 Å². The van der Waals surface area contributed by atoms with E-state index in [-0.39, 0.29) is 0 Å². The first-order valence-electron chi connectivity index (χ1n) is 7.02. The van der Waals surface area contributed by atoms with Gasteiger partial charge in [-0.25, -0.2) is 0 Å². The van der Waals surface area contributed by atoms with Gasteiger partial charge in [-0.05, 0) is 38.3 Å². The molecular weight excluding hydrogens is 262 g/mol. The molecule has 1 atom stereocenters. The molecule has 1 aliphatic heterocycles. The minimum atomic E-state index is 0.366. The minimum absolute atomic E-state index is 0.366. The predicted octanol–water partition coefficient (Wildman–Crippen LogP) is 3.36. The van der Waals surface area contributed by atoms with Gasteiger partial charge >= 0.3 is 0 Å². The summed E-state index contributed by atoms with van der Waals surface area (Å²) in [4.78, 5) is 0. The molecule has 3 rings (SSSR count). The van der Waals surface area contributed by atoms with Crippen molar-refractivity contribution < 1.29 is 9.47 Å². The van der Waals surface area contributed by atoms with Crippen molar-refractivity contribution in [2.24, 2.45) is 0 Å². The van der Waals surface area contributed by atoms with Crippen molar-refractivity contribution in [3.63, 3.8) is 0 Å². The summed E-state index contributed by atoms with van der Waals surface area (Å²) in [5.74, 6) is 2.14. The SMILES string of the molecule is COc1cc(Cl)cc(C2CCCNC2)c1OC1CC1. The Balaban J connectivity index is 1.95. The fourth-order valence-corrected chi connectivity index (χ4v) is 2.86. The zero-order valence-electron chi connectivity index (χ0n) is 11.2. The summed E-state index contributed by atoms with van der Waals surface area (Å²) in [5.41, 5.74) is 1.20. The summed E-state index contributed by atoms with van der Waals surface area (Å²) in [5, 5.41) is 4.17. The number of nitrogens with one attached hydrogen (secondary N) is 1. The molecule has 0 bridgehead atoms. The van der Waals surface area contributed by atoms with Crippen LogP contribution in [0.15, 0.2) is 12.1 Å². The van der Waals surface area contributed by atoms with Gasteiger partial charge in [-0.2, -0.15) is 0 Å². The van der Waals surface area contributed by atoms with Gasteiger partial charge in [0, 0.05) is 29.1 Å². The second kappa shape index (κ2) is 5.59. The average Bonchev–Trinajstić information content (AvgIpc) is 3.25. The molecule has 1 unspecified atom stereocenters. The standard InChI is InChI=1S/C15H20ClNO2/c1-18-14-8-11(16)7-13(10-3-2-6-17-9-10)15(14)19-12-4-5-12/h7-8,10,12,17H,2-6,9H2,1H3. The molecule has 3 nitrogen and oxygen atoms in total. The molecule has 19 heavy (non-hydrogen) atoms. The summed E-state index contributed by atoms with van der Waals surface area (Å²) >= 11 is 6.22. The molecule has 104 valence electrons. The number of piperidine rings is 1. The lowest BCUT2D eigenvalue weighted by Crippen LogP contribution is -2.28. The molecule has 1 aromatic rings. The second-order valence-electron chi connectivity index (χ2n) is 5.39. The molecule has 1 N–H and O–H groups in total. The number of methoxy groups -OCH3 is 1. The maximum Gasteiger partial charge on any atom is 0.165 e. The van der Waals surface area contributed by atoms with E-state index >= 15 is 0 Å². The Morgan fingerprint density at radius 3 is 2.74 bits per heavy atom. The normalized spacial score (nSPS) is 23.2. The van der Waals surface area contributed by atoms with Crippen LogP contribution in [0.5, 0.6) is 11.5 Å². The molecule has 4 heteroatoms. The maximum atomic E-state index is 6.22. The first-order valence-corrected chi connectivity index (χ1v) is 7.40. The van der Waals surface area contributed by atoms with Gasteiger partial charge in [0.15, 0.2) is 11.5 Å². The fourth-order valence-electron chi connectivity index (χ4n) is 2.64. The van der Waals surface area contributed by atoms with Crippen LogP contribution in [-0.4, -0.2) is 26.3 Å². The Morgan fingerprint density at radius 1 is 1.26 bits per heavy atom. The number of rotatable bonds is 4. The van der Waals surface area contributed by atoms with Crippen LogP contribution in [0, 0.1) is 0 Å². The molecule has 0 aromatic heterocycles. The lowest BCUT2D eigenvalue weighted by Gasteiger charge is -2.26. The highest BCUT2D eigenvalue weighted by Gasteiger charge is 2.29. The predicted molar refractivity (Wildman–Crippen MR) is 76.5 cm³/mol. The highest BCUT2D eigenvalue weighted by atomic mass is 35.5. The monoisotopic (exact) mass is 281 g/mol. The summed E-state index contributed by atoms with van der Waals surface area (Å²) < 4.78 is 11.5. The molecule has 1 aliphatic carbocycles. The van der Waals surface area contributed by atoms with Gasteiger partial charge in [0.2, 0.25) is 0 Å². The van der Waals surface area contributed by atoms with E-state index in [0.717, 1.165) is 42.5 Å². The van der Waals surface area contributed by atoms with Gasteiger partial charge in [0.25, 0.3) is 0 Å². The van der Waals surface area contributed by atoms with Crippen LogP contribution in [0.1, 0.15) is 37.2 Å². The molecule has 1 heterocycles. The average molecular weight is 282 g/mol. The number of halogens is 1. The summed E-state index contributed by atoms with van der Waals surface area (Å²) in [6.07, 6.45) is 5.03. The number of benzene rings is 1. The van der Waals surface area contributed by atoms with Gasteiger partial charge in [0.05, 0.1) is 13.2 Å². The van der Waals surface area contributed by atoms with Crippen molar-refractivity contribution in [3.8, 4) is 11.5 Å². The number of hydrogen-bond donors (Lipinski definition) is 1. The summed E-state index contributed by atoms with van der Waals surface area (Å²) in [6.45, 7) is 2.09. The molecule has 2 aliphatic rings. The highest BCUT2D eigenvalue weighted by Crippen LogP contribution is 2.43. The second-order valence-corrected chi connectivity index (χ2v) is 5.82. The van der Waals surface area contributed by atoms with Crippen molar-refractivity contribution >= 4 is 11.6 Å². The van der Waals surface area contributed by atoms with Crippen molar-refractivity contribution in [1.29, 1.82) is 0 Å². The van der Waals surface area contributed by atoms with E-state index in [4.69, 9.17) is 21.1 Å². The van der Waals surface area contributed by atoms with Crippen molar-refractivity contribution in [2.45, 2.75) is 37.7 Å². The van der Waals surface area contributed by atoms with Crippen LogP contribution < -0.4 is 14.8 Å². The van der Waals surface area contributed by atoms with Gasteiger partial charge in [0.1, 0.15) is 0 Å². The minimum Gasteiger partial charge on any atom is -0.493 e. The Kier molecular flexibility index (Phi) is 3.85. The van der Waals surface area contributed by atoms with E-state index in [1.54, 1.807) is 7.11 Å². The van der Waals surface area contributed by atoms with Crippen LogP contribution in [-0.2, 0) is 0 Å². The third kappa shape index (κ3) is 2.98. The van der Waals surface area contributed by atoms with Crippen molar-refractivity contribution in [3.05, 3.63) is 22.7 Å². The molecular formula is C15H20ClNO2. The topological polar surface area (TPSA) is 30.5 Å². The van der Waals surface area contributed by atoms with E-state index < -0.39 is 0 Å². The van der Waals surface area contributed by atoms with Gasteiger partial charge in [-0.1, -0.05) is 11.6 Å². The number of hydrogen-bond acceptors (Lipinski definition) is 3. The highest BCUT2D eigenvalue weighted by molar-refractivity contribution is 6.30. The molecule has 1 aromatic carbocycles. The van der Waals surface area contributed by atoms with E-state index in [1.165, 1.54) is 18.4 Å². The molecule has 0 amide bonds. The third-order valence-corrected chi connectivity index (χ3v) is 4.03. The van der Waals surface area contributed by atoms with E-state index in [2.05, 4.69) is 5.32 Å². The fraction of sp³-hybridized carbons (Fsp3) is 0.600. The largest absolute Gasteiger partial charge is 0.493 e. The van der Waals surface area contributed by atoms with Crippen molar-refractivity contribution in [1.82, 2.24) is 5.32 Å². The quantitative estimate of drug-likeness (QED) is 0.918. The van der Waals surface area contributed by atoms with Crippen LogP contribution >= 0.6 is 11.6 Å². The van der Waals surface area contributed by atoms with Gasteiger partial charge < -0.3 is 14.8 Å².